The molecule has 0 aromatic heterocycles. The number of ether oxygens (including phenoxy) is 1. The number of carbonyl (C=O) groups is 1. The number of rotatable bonds is 4. The van der Waals surface area contributed by atoms with Crippen molar-refractivity contribution in [3.8, 4) is 0 Å². The SMILES string of the molecule is O=C(/C=C/c1cc(Cl)ccc1Cl)N1CCN(S(=O)(=O)N2CCOCC2)CC1. The number of amides is 1. The largest absolute Gasteiger partial charge is 0.379 e. The van der Waals surface area contributed by atoms with E-state index in [1.165, 1.54) is 14.7 Å². The first kappa shape index (κ1) is 20.6. The molecule has 0 radical (unpaired) electrons. The minimum atomic E-state index is -3.50. The first-order valence-electron chi connectivity index (χ1n) is 8.63. The summed E-state index contributed by atoms with van der Waals surface area (Å²) in [4.78, 5) is 14.0. The van der Waals surface area contributed by atoms with Gasteiger partial charge in [0.15, 0.2) is 0 Å². The van der Waals surface area contributed by atoms with E-state index in [-0.39, 0.29) is 19.0 Å². The Morgan fingerprint density at radius 3 is 2.30 bits per heavy atom. The molecular weight excluding hydrogens is 413 g/mol. The monoisotopic (exact) mass is 433 g/mol. The van der Waals surface area contributed by atoms with Gasteiger partial charge >= 0.3 is 0 Å². The fourth-order valence-electron chi connectivity index (χ4n) is 2.99. The van der Waals surface area contributed by atoms with Gasteiger partial charge in [-0.2, -0.15) is 17.0 Å². The highest BCUT2D eigenvalue weighted by molar-refractivity contribution is 7.86. The lowest BCUT2D eigenvalue weighted by molar-refractivity contribution is -0.127. The highest BCUT2D eigenvalue weighted by Crippen LogP contribution is 2.22. The van der Waals surface area contributed by atoms with Crippen LogP contribution in [0, 0.1) is 0 Å². The van der Waals surface area contributed by atoms with Gasteiger partial charge in [0.2, 0.25) is 5.91 Å². The summed E-state index contributed by atoms with van der Waals surface area (Å²) in [7, 11) is -3.50. The molecule has 2 saturated heterocycles. The second kappa shape index (κ2) is 8.89. The van der Waals surface area contributed by atoms with E-state index in [9.17, 15) is 13.2 Å². The lowest BCUT2D eigenvalue weighted by Gasteiger charge is -2.37. The average molecular weight is 434 g/mol. The van der Waals surface area contributed by atoms with Crippen LogP contribution in [0.4, 0.5) is 0 Å². The van der Waals surface area contributed by atoms with Gasteiger partial charge in [0.1, 0.15) is 0 Å². The summed E-state index contributed by atoms with van der Waals surface area (Å²) in [5.41, 5.74) is 0.658. The first-order chi connectivity index (χ1) is 12.9. The number of hydrogen-bond donors (Lipinski definition) is 0. The van der Waals surface area contributed by atoms with Gasteiger partial charge in [-0.1, -0.05) is 23.2 Å². The Bertz CT molecular complexity index is 817. The van der Waals surface area contributed by atoms with Crippen molar-refractivity contribution in [2.45, 2.75) is 0 Å². The summed E-state index contributed by atoms with van der Waals surface area (Å²) in [6.07, 6.45) is 3.05. The summed E-state index contributed by atoms with van der Waals surface area (Å²) in [6.45, 7) is 2.79. The van der Waals surface area contributed by atoms with Gasteiger partial charge in [0, 0.05) is 55.4 Å². The van der Waals surface area contributed by atoms with Crippen LogP contribution in [0.2, 0.25) is 10.0 Å². The molecule has 3 rings (SSSR count). The van der Waals surface area contributed by atoms with Crippen molar-refractivity contribution in [3.63, 3.8) is 0 Å². The van der Waals surface area contributed by atoms with E-state index in [4.69, 9.17) is 27.9 Å². The lowest BCUT2D eigenvalue weighted by atomic mass is 10.2. The van der Waals surface area contributed by atoms with Crippen LogP contribution in [0.3, 0.4) is 0 Å². The number of benzene rings is 1. The number of hydrogen-bond acceptors (Lipinski definition) is 4. The molecule has 148 valence electrons. The second-order valence-electron chi connectivity index (χ2n) is 6.24. The zero-order valence-electron chi connectivity index (χ0n) is 14.7. The first-order valence-corrected chi connectivity index (χ1v) is 10.8. The van der Waals surface area contributed by atoms with Crippen molar-refractivity contribution in [3.05, 3.63) is 39.9 Å². The average Bonchev–Trinajstić information content (AvgIpc) is 2.69. The van der Waals surface area contributed by atoms with Gasteiger partial charge in [0.25, 0.3) is 10.2 Å². The van der Waals surface area contributed by atoms with Gasteiger partial charge in [-0.05, 0) is 29.8 Å². The Kier molecular flexibility index (Phi) is 6.78. The Balaban J connectivity index is 1.57. The van der Waals surface area contributed by atoms with Crippen LogP contribution in [0.1, 0.15) is 5.56 Å². The van der Waals surface area contributed by atoms with Crippen molar-refractivity contribution in [1.29, 1.82) is 0 Å². The zero-order chi connectivity index (χ0) is 19.4. The van der Waals surface area contributed by atoms with Crippen LogP contribution < -0.4 is 0 Å². The summed E-state index contributed by atoms with van der Waals surface area (Å²) in [5.74, 6) is -0.186. The molecule has 0 saturated carbocycles. The molecule has 0 N–H and O–H groups in total. The normalized spacial score (nSPS) is 20.3. The van der Waals surface area contributed by atoms with E-state index < -0.39 is 10.2 Å². The Labute approximate surface area is 169 Å². The minimum absolute atomic E-state index is 0.186. The van der Waals surface area contributed by atoms with Crippen molar-refractivity contribution < 1.29 is 17.9 Å². The fourth-order valence-corrected chi connectivity index (χ4v) is 4.91. The van der Waals surface area contributed by atoms with Crippen LogP contribution in [0.15, 0.2) is 24.3 Å². The molecule has 0 atom stereocenters. The number of carbonyl (C=O) groups excluding carboxylic acids is 1. The van der Waals surface area contributed by atoms with Crippen molar-refractivity contribution in [2.75, 3.05) is 52.5 Å². The van der Waals surface area contributed by atoms with E-state index in [1.54, 1.807) is 29.2 Å². The van der Waals surface area contributed by atoms with E-state index >= 15 is 0 Å². The van der Waals surface area contributed by atoms with Crippen LogP contribution in [-0.4, -0.2) is 80.3 Å². The summed E-state index contributed by atoms with van der Waals surface area (Å²) < 4.78 is 33.4. The zero-order valence-corrected chi connectivity index (χ0v) is 17.0. The molecule has 0 unspecified atom stereocenters. The second-order valence-corrected chi connectivity index (χ2v) is 9.01. The standard InChI is InChI=1S/C17H21Cl2N3O4S/c18-15-2-3-16(19)14(13-15)1-4-17(23)20-5-7-21(8-6-20)27(24,25)22-9-11-26-12-10-22/h1-4,13H,5-12H2/b4-1+. The number of nitrogens with zero attached hydrogens (tertiary/aromatic N) is 3. The topological polar surface area (TPSA) is 70.2 Å². The third kappa shape index (κ3) is 5.01. The Morgan fingerprint density at radius 1 is 1.00 bits per heavy atom. The summed E-state index contributed by atoms with van der Waals surface area (Å²) >= 11 is 12.0. The van der Waals surface area contributed by atoms with E-state index in [1.807, 2.05) is 0 Å². The number of halogens is 2. The molecule has 10 heteroatoms. The van der Waals surface area contributed by atoms with Crippen LogP contribution in [0.25, 0.3) is 6.08 Å². The fraction of sp³-hybridized carbons (Fsp3) is 0.471. The molecule has 0 aliphatic carbocycles. The molecule has 1 amide bonds. The third-order valence-corrected chi connectivity index (χ3v) is 7.15. The maximum absolute atomic E-state index is 12.6. The molecule has 2 fully saturated rings. The van der Waals surface area contributed by atoms with Crippen LogP contribution in [-0.2, 0) is 19.7 Å². The molecular formula is C17H21Cl2N3O4S. The van der Waals surface area contributed by atoms with Crippen LogP contribution in [0.5, 0.6) is 0 Å². The van der Waals surface area contributed by atoms with Crippen LogP contribution >= 0.6 is 23.2 Å². The molecule has 2 aliphatic heterocycles. The Hall–Kier alpha value is -1.16. The third-order valence-electron chi connectivity index (χ3n) is 4.54. The molecule has 1 aromatic rings. The van der Waals surface area contributed by atoms with Gasteiger partial charge in [0.05, 0.1) is 13.2 Å². The van der Waals surface area contributed by atoms with Gasteiger partial charge in [-0.3, -0.25) is 4.79 Å². The quantitative estimate of drug-likeness (QED) is 0.677. The van der Waals surface area contributed by atoms with Gasteiger partial charge in [-0.25, -0.2) is 0 Å². The maximum atomic E-state index is 12.6. The minimum Gasteiger partial charge on any atom is -0.379 e. The lowest BCUT2D eigenvalue weighted by Crippen LogP contribution is -2.55. The molecule has 0 spiro atoms. The summed E-state index contributed by atoms with van der Waals surface area (Å²) in [6, 6.07) is 5.03. The van der Waals surface area contributed by atoms with Crippen molar-refractivity contribution in [1.82, 2.24) is 13.5 Å². The number of morpholine rings is 1. The number of piperazine rings is 1. The van der Waals surface area contributed by atoms with E-state index in [2.05, 4.69) is 0 Å². The Morgan fingerprint density at radius 2 is 1.63 bits per heavy atom. The van der Waals surface area contributed by atoms with Gasteiger partial charge < -0.3 is 9.64 Å². The summed E-state index contributed by atoms with van der Waals surface area (Å²) in [5, 5.41) is 1.04. The highest BCUT2D eigenvalue weighted by atomic mass is 35.5. The smallest absolute Gasteiger partial charge is 0.282 e. The molecule has 27 heavy (non-hydrogen) atoms. The van der Waals surface area contributed by atoms with Gasteiger partial charge in [-0.15, -0.1) is 0 Å². The van der Waals surface area contributed by atoms with E-state index in [0.717, 1.165) is 0 Å². The van der Waals surface area contributed by atoms with Crippen molar-refractivity contribution >= 4 is 45.4 Å². The molecule has 0 bridgehead atoms. The van der Waals surface area contributed by atoms with Crippen molar-refractivity contribution in [2.24, 2.45) is 0 Å². The maximum Gasteiger partial charge on any atom is 0.282 e. The molecule has 7 nitrogen and oxygen atoms in total. The highest BCUT2D eigenvalue weighted by Gasteiger charge is 2.33. The molecule has 2 heterocycles. The molecule has 2 aliphatic rings. The molecule has 1 aromatic carbocycles. The predicted octanol–water partition coefficient (Wildman–Crippen LogP) is 1.73. The predicted molar refractivity (Wildman–Crippen MR) is 105 cm³/mol. The van der Waals surface area contributed by atoms with E-state index in [0.29, 0.717) is 55.0 Å².